The third-order valence-corrected chi connectivity index (χ3v) is 5.47. The SMILES string of the molecule is CO[C@]1(OC(C)(C)C)[C@@H](O)[C@H](O)[C@@H](CO)O[C@@]1(Cc1ccccc1)O[SiH](C)C. The number of hydrogen-bond acceptors (Lipinski definition) is 7. The van der Waals surface area contributed by atoms with Gasteiger partial charge in [-0.1, -0.05) is 30.3 Å². The van der Waals surface area contributed by atoms with Gasteiger partial charge in [0, 0.05) is 13.5 Å². The molecular weight excluding hydrogens is 380 g/mol. The molecule has 28 heavy (non-hydrogen) atoms. The van der Waals surface area contributed by atoms with E-state index in [1.165, 1.54) is 7.11 Å². The van der Waals surface area contributed by atoms with Crippen LogP contribution in [0.25, 0.3) is 0 Å². The average molecular weight is 415 g/mol. The summed E-state index contributed by atoms with van der Waals surface area (Å²) in [6.07, 6.45) is -3.74. The summed E-state index contributed by atoms with van der Waals surface area (Å²) >= 11 is 0. The normalized spacial score (nSPS) is 34.0. The molecule has 1 fully saturated rings. The van der Waals surface area contributed by atoms with Crippen molar-refractivity contribution < 1.29 is 34.0 Å². The van der Waals surface area contributed by atoms with Crippen LogP contribution in [0.15, 0.2) is 30.3 Å². The first-order chi connectivity index (χ1) is 13.0. The maximum atomic E-state index is 11.1. The quantitative estimate of drug-likeness (QED) is 0.455. The first kappa shape index (κ1) is 23.4. The minimum Gasteiger partial charge on any atom is -0.394 e. The van der Waals surface area contributed by atoms with Crippen LogP contribution in [0.1, 0.15) is 26.3 Å². The molecule has 2 rings (SSSR count). The Morgan fingerprint density at radius 1 is 1.14 bits per heavy atom. The number of methoxy groups -OCH3 is 1. The Hall–Kier alpha value is -0.843. The molecule has 8 heteroatoms. The zero-order valence-electron chi connectivity index (χ0n) is 17.6. The second-order valence-electron chi connectivity index (χ2n) is 8.44. The Balaban J connectivity index is 2.67. The molecule has 5 atom stereocenters. The first-order valence-corrected chi connectivity index (χ1v) is 12.4. The second-order valence-corrected chi connectivity index (χ2v) is 10.8. The Kier molecular flexibility index (Phi) is 7.44. The minimum absolute atomic E-state index is 0.212. The van der Waals surface area contributed by atoms with Gasteiger partial charge in [0.05, 0.1) is 12.2 Å². The molecule has 0 amide bonds. The van der Waals surface area contributed by atoms with Crippen molar-refractivity contribution in [2.24, 2.45) is 0 Å². The molecule has 0 saturated carbocycles. The van der Waals surface area contributed by atoms with E-state index < -0.39 is 51.1 Å². The van der Waals surface area contributed by atoms with Crippen molar-refractivity contribution in [3.63, 3.8) is 0 Å². The van der Waals surface area contributed by atoms with Crippen molar-refractivity contribution in [3.05, 3.63) is 35.9 Å². The zero-order valence-corrected chi connectivity index (χ0v) is 18.7. The van der Waals surface area contributed by atoms with Crippen LogP contribution < -0.4 is 0 Å². The lowest BCUT2D eigenvalue weighted by molar-refractivity contribution is -0.468. The number of ether oxygens (including phenoxy) is 3. The molecule has 0 spiro atoms. The van der Waals surface area contributed by atoms with Crippen LogP contribution in [-0.4, -0.2) is 73.6 Å². The Bertz CT molecular complexity index is 621. The van der Waals surface area contributed by atoms with E-state index in [1.54, 1.807) is 0 Å². The van der Waals surface area contributed by atoms with E-state index in [1.807, 2.05) is 64.2 Å². The molecule has 7 nitrogen and oxygen atoms in total. The predicted molar refractivity (Wildman–Crippen MR) is 107 cm³/mol. The fourth-order valence-corrected chi connectivity index (χ4v) is 4.73. The van der Waals surface area contributed by atoms with Gasteiger partial charge < -0.3 is 34.0 Å². The molecule has 1 heterocycles. The van der Waals surface area contributed by atoms with Crippen LogP contribution >= 0.6 is 0 Å². The van der Waals surface area contributed by atoms with Gasteiger partial charge in [0.2, 0.25) is 5.79 Å². The third kappa shape index (κ3) is 4.66. The number of aliphatic hydroxyl groups is 3. The van der Waals surface area contributed by atoms with E-state index in [2.05, 4.69) is 0 Å². The molecule has 0 aliphatic carbocycles. The van der Waals surface area contributed by atoms with Gasteiger partial charge in [0.1, 0.15) is 18.3 Å². The summed E-state index contributed by atoms with van der Waals surface area (Å²) in [7, 11) is -0.363. The van der Waals surface area contributed by atoms with Crippen LogP contribution in [0.2, 0.25) is 13.1 Å². The summed E-state index contributed by atoms with van der Waals surface area (Å²) < 4.78 is 24.6. The summed E-state index contributed by atoms with van der Waals surface area (Å²) in [6.45, 7) is 8.94. The minimum atomic E-state index is -1.80. The number of hydrogen-bond donors (Lipinski definition) is 3. The van der Waals surface area contributed by atoms with E-state index in [4.69, 9.17) is 18.6 Å². The maximum absolute atomic E-state index is 11.1. The molecule has 1 aromatic rings. The number of benzene rings is 1. The van der Waals surface area contributed by atoms with Crippen molar-refractivity contribution in [1.29, 1.82) is 0 Å². The van der Waals surface area contributed by atoms with Crippen molar-refractivity contribution in [2.75, 3.05) is 13.7 Å². The van der Waals surface area contributed by atoms with Crippen LogP contribution in [0, 0.1) is 0 Å². The van der Waals surface area contributed by atoms with Gasteiger partial charge in [-0.05, 0) is 39.4 Å². The largest absolute Gasteiger partial charge is 0.394 e. The Labute approximate surface area is 168 Å². The highest BCUT2D eigenvalue weighted by atomic mass is 28.3. The molecule has 1 aliphatic rings. The molecular formula is C20H34O7Si. The average Bonchev–Trinajstić information content (AvgIpc) is 2.61. The van der Waals surface area contributed by atoms with Crippen LogP contribution in [0.3, 0.4) is 0 Å². The van der Waals surface area contributed by atoms with Gasteiger partial charge in [0.25, 0.3) is 5.79 Å². The molecule has 1 saturated heterocycles. The molecule has 3 N–H and O–H groups in total. The van der Waals surface area contributed by atoms with Gasteiger partial charge >= 0.3 is 0 Å². The van der Waals surface area contributed by atoms with E-state index in [-0.39, 0.29) is 6.42 Å². The van der Waals surface area contributed by atoms with Crippen molar-refractivity contribution >= 4 is 9.04 Å². The lowest BCUT2D eigenvalue weighted by atomic mass is 9.84. The highest BCUT2D eigenvalue weighted by molar-refractivity contribution is 6.48. The summed E-state index contributed by atoms with van der Waals surface area (Å²) in [4.78, 5) is 0. The zero-order chi connectivity index (χ0) is 21.2. The molecule has 0 bridgehead atoms. The number of aliphatic hydroxyl groups excluding tert-OH is 3. The summed E-state index contributed by atoms with van der Waals surface area (Å²) in [5.41, 5.74) is 0.145. The van der Waals surface area contributed by atoms with Gasteiger partial charge in [0.15, 0.2) is 9.04 Å². The summed E-state index contributed by atoms with van der Waals surface area (Å²) in [5.74, 6) is -3.35. The monoisotopic (exact) mass is 414 g/mol. The molecule has 1 aromatic carbocycles. The van der Waals surface area contributed by atoms with Crippen molar-refractivity contribution in [2.45, 2.75) is 75.8 Å². The smallest absolute Gasteiger partial charge is 0.253 e. The highest BCUT2D eigenvalue weighted by Crippen LogP contribution is 2.46. The highest BCUT2D eigenvalue weighted by Gasteiger charge is 2.68. The Morgan fingerprint density at radius 2 is 1.75 bits per heavy atom. The van der Waals surface area contributed by atoms with E-state index in [9.17, 15) is 15.3 Å². The van der Waals surface area contributed by atoms with Gasteiger partial charge in [-0.15, -0.1) is 0 Å². The number of rotatable bonds is 7. The summed E-state index contributed by atoms with van der Waals surface area (Å²) in [5, 5.41) is 31.5. The summed E-state index contributed by atoms with van der Waals surface area (Å²) in [6, 6.07) is 9.53. The fourth-order valence-electron chi connectivity index (χ4n) is 3.67. The standard InChI is InChI=1S/C20H34O7Si/c1-18(2,3)26-20(24-4)17(23)16(22)15(13-21)25-19(20,27-28(5)6)12-14-10-8-7-9-11-14/h7-11,15-17,21-23,28H,12-13H2,1-6H3/t15-,16-,17+,19+,20+/m1/s1. The van der Waals surface area contributed by atoms with Gasteiger partial charge in [-0.25, -0.2) is 0 Å². The topological polar surface area (TPSA) is 97.6 Å². The maximum Gasteiger partial charge on any atom is 0.253 e. The second kappa shape index (κ2) is 8.89. The molecule has 0 unspecified atom stereocenters. The van der Waals surface area contributed by atoms with Crippen LogP contribution in [-0.2, 0) is 25.1 Å². The van der Waals surface area contributed by atoms with Crippen molar-refractivity contribution in [1.82, 2.24) is 0 Å². The van der Waals surface area contributed by atoms with Crippen LogP contribution in [0.4, 0.5) is 0 Å². The van der Waals surface area contributed by atoms with Gasteiger partial charge in [-0.3, -0.25) is 0 Å². The van der Waals surface area contributed by atoms with E-state index in [0.717, 1.165) is 5.56 Å². The molecule has 160 valence electrons. The van der Waals surface area contributed by atoms with Gasteiger partial charge in [-0.2, -0.15) is 0 Å². The third-order valence-electron chi connectivity index (χ3n) is 4.61. The molecule has 0 radical (unpaired) electrons. The van der Waals surface area contributed by atoms with E-state index in [0.29, 0.717) is 0 Å². The van der Waals surface area contributed by atoms with Crippen molar-refractivity contribution in [3.8, 4) is 0 Å². The fraction of sp³-hybridized carbons (Fsp3) is 0.700. The Morgan fingerprint density at radius 3 is 2.21 bits per heavy atom. The predicted octanol–water partition coefficient (Wildman–Crippen LogP) is 1.20. The lowest BCUT2D eigenvalue weighted by Crippen LogP contribution is -2.77. The molecule has 1 aliphatic heterocycles. The molecule has 0 aromatic heterocycles. The van der Waals surface area contributed by atoms with E-state index >= 15 is 0 Å². The van der Waals surface area contributed by atoms with Crippen LogP contribution in [0.5, 0.6) is 0 Å². The lowest BCUT2D eigenvalue weighted by Gasteiger charge is -2.58. The first-order valence-electron chi connectivity index (χ1n) is 9.62.